The van der Waals surface area contributed by atoms with Crippen LogP contribution in [0.5, 0.6) is 23.0 Å². The Hall–Kier alpha value is -4.00. The lowest BCUT2D eigenvalue weighted by Crippen LogP contribution is -2.27. The summed E-state index contributed by atoms with van der Waals surface area (Å²) in [6, 6.07) is 20.0. The number of benzene rings is 3. The first-order valence-corrected chi connectivity index (χ1v) is 10.5. The highest BCUT2D eigenvalue weighted by Crippen LogP contribution is 2.42. The monoisotopic (exact) mass is 446 g/mol. The van der Waals surface area contributed by atoms with Crippen LogP contribution in [0.4, 0.5) is 0 Å². The van der Waals surface area contributed by atoms with Crippen molar-refractivity contribution in [3.05, 3.63) is 83.4 Å². The Morgan fingerprint density at radius 2 is 1.55 bits per heavy atom. The van der Waals surface area contributed by atoms with E-state index in [2.05, 4.69) is 0 Å². The highest BCUT2D eigenvalue weighted by atomic mass is 16.5. The van der Waals surface area contributed by atoms with Crippen LogP contribution < -0.4 is 18.9 Å². The van der Waals surface area contributed by atoms with Gasteiger partial charge in [-0.25, -0.2) is 5.01 Å². The van der Waals surface area contributed by atoms with E-state index in [1.165, 1.54) is 5.01 Å². The van der Waals surface area contributed by atoms with Crippen LogP contribution in [0.25, 0.3) is 0 Å². The Bertz CT molecular complexity index is 1180. The number of carbonyl (C=O) groups is 1. The first-order valence-electron chi connectivity index (χ1n) is 10.5. The summed E-state index contributed by atoms with van der Waals surface area (Å²) >= 11 is 0. The van der Waals surface area contributed by atoms with Gasteiger partial charge in [0.1, 0.15) is 0 Å². The average Bonchev–Trinajstić information content (AvgIpc) is 3.33. The van der Waals surface area contributed by atoms with Gasteiger partial charge < -0.3 is 18.9 Å². The molecule has 3 aromatic carbocycles. The minimum absolute atomic E-state index is 0.194. The van der Waals surface area contributed by atoms with Crippen LogP contribution in [0.1, 0.15) is 33.9 Å². The molecule has 0 saturated carbocycles. The molecule has 33 heavy (non-hydrogen) atoms. The average molecular weight is 447 g/mol. The highest BCUT2D eigenvalue weighted by molar-refractivity contribution is 6.05. The van der Waals surface area contributed by atoms with Gasteiger partial charge in [0, 0.05) is 23.1 Å². The third-order valence-corrected chi connectivity index (χ3v) is 5.65. The van der Waals surface area contributed by atoms with Crippen LogP contribution in [0.2, 0.25) is 0 Å². The van der Waals surface area contributed by atoms with Gasteiger partial charge in [0.2, 0.25) is 0 Å². The summed E-state index contributed by atoms with van der Waals surface area (Å²) in [4.78, 5) is 13.5. The quantitative estimate of drug-likeness (QED) is 0.526. The SMILES string of the molecule is COc1ccc(C2=NN(C(=O)c3ccccc3)[C@@H](c3cccc(OC)c3OC)C2)cc1OC. The van der Waals surface area contributed by atoms with Gasteiger partial charge in [-0.05, 0) is 36.4 Å². The topological polar surface area (TPSA) is 69.6 Å². The summed E-state index contributed by atoms with van der Waals surface area (Å²) in [6.07, 6.45) is 0.498. The maximum absolute atomic E-state index is 13.5. The van der Waals surface area contributed by atoms with Gasteiger partial charge in [0.25, 0.3) is 5.91 Å². The van der Waals surface area contributed by atoms with Crippen molar-refractivity contribution in [2.24, 2.45) is 5.10 Å². The molecule has 0 unspecified atom stereocenters. The molecule has 4 rings (SSSR count). The molecule has 7 heteroatoms. The summed E-state index contributed by atoms with van der Waals surface area (Å²) in [5, 5.41) is 6.29. The molecule has 0 N–H and O–H groups in total. The van der Waals surface area contributed by atoms with E-state index in [1.807, 2.05) is 54.6 Å². The van der Waals surface area contributed by atoms with Gasteiger partial charge in [0.05, 0.1) is 40.2 Å². The van der Waals surface area contributed by atoms with Gasteiger partial charge in [-0.3, -0.25) is 4.79 Å². The van der Waals surface area contributed by atoms with Crippen molar-refractivity contribution in [3.8, 4) is 23.0 Å². The molecule has 0 saturated heterocycles. The van der Waals surface area contributed by atoms with Gasteiger partial charge in [-0.15, -0.1) is 0 Å². The zero-order valence-corrected chi connectivity index (χ0v) is 19.1. The molecule has 0 spiro atoms. The minimum atomic E-state index is -0.370. The third kappa shape index (κ3) is 4.22. The van der Waals surface area contributed by atoms with Crippen LogP contribution in [0, 0.1) is 0 Å². The normalized spacial score (nSPS) is 15.1. The summed E-state index contributed by atoms with van der Waals surface area (Å²) in [5.41, 5.74) is 2.99. The maximum Gasteiger partial charge on any atom is 0.274 e. The van der Waals surface area contributed by atoms with E-state index in [0.717, 1.165) is 16.8 Å². The zero-order chi connectivity index (χ0) is 23.4. The second-order valence-electron chi connectivity index (χ2n) is 7.43. The van der Waals surface area contributed by atoms with Crippen molar-refractivity contribution >= 4 is 11.6 Å². The Morgan fingerprint density at radius 3 is 2.21 bits per heavy atom. The number of methoxy groups -OCH3 is 4. The van der Waals surface area contributed by atoms with Crippen LogP contribution in [0.3, 0.4) is 0 Å². The first-order chi connectivity index (χ1) is 16.1. The molecule has 1 heterocycles. The number of hydrazone groups is 1. The van der Waals surface area contributed by atoms with E-state index in [4.69, 9.17) is 24.0 Å². The number of hydrogen-bond acceptors (Lipinski definition) is 6. The summed E-state index contributed by atoms with van der Waals surface area (Å²) in [7, 11) is 6.37. The van der Waals surface area contributed by atoms with Crippen molar-refractivity contribution in [1.29, 1.82) is 0 Å². The van der Waals surface area contributed by atoms with Gasteiger partial charge >= 0.3 is 0 Å². The Balaban J connectivity index is 1.80. The van der Waals surface area contributed by atoms with Crippen LogP contribution in [-0.4, -0.2) is 45.1 Å². The van der Waals surface area contributed by atoms with Gasteiger partial charge in [0.15, 0.2) is 23.0 Å². The van der Waals surface area contributed by atoms with Crippen molar-refractivity contribution in [2.75, 3.05) is 28.4 Å². The maximum atomic E-state index is 13.5. The number of nitrogens with zero attached hydrogens (tertiary/aromatic N) is 2. The Kier molecular flexibility index (Phi) is 6.49. The lowest BCUT2D eigenvalue weighted by atomic mass is 9.96. The molecule has 1 aliphatic rings. The predicted molar refractivity (Wildman–Crippen MR) is 126 cm³/mol. The molecule has 1 aliphatic heterocycles. The number of ether oxygens (including phenoxy) is 4. The molecule has 0 aliphatic carbocycles. The predicted octanol–water partition coefficient (Wildman–Crippen LogP) is 4.71. The van der Waals surface area contributed by atoms with Crippen LogP contribution >= 0.6 is 0 Å². The zero-order valence-electron chi connectivity index (χ0n) is 19.1. The van der Waals surface area contributed by atoms with Crippen molar-refractivity contribution in [2.45, 2.75) is 12.5 Å². The molecule has 3 aromatic rings. The van der Waals surface area contributed by atoms with Crippen LogP contribution in [-0.2, 0) is 0 Å². The minimum Gasteiger partial charge on any atom is -0.493 e. The number of para-hydroxylation sites is 1. The summed E-state index contributed by atoms with van der Waals surface area (Å²) in [5.74, 6) is 2.21. The molecule has 7 nitrogen and oxygen atoms in total. The van der Waals surface area contributed by atoms with E-state index in [-0.39, 0.29) is 11.9 Å². The smallest absolute Gasteiger partial charge is 0.274 e. The molecular weight excluding hydrogens is 420 g/mol. The fourth-order valence-corrected chi connectivity index (χ4v) is 4.02. The molecule has 0 fully saturated rings. The molecule has 0 aromatic heterocycles. The summed E-state index contributed by atoms with van der Waals surface area (Å²) in [6.45, 7) is 0. The van der Waals surface area contributed by atoms with Gasteiger partial charge in [-0.1, -0.05) is 30.3 Å². The number of amides is 1. The largest absolute Gasteiger partial charge is 0.493 e. The summed E-state index contributed by atoms with van der Waals surface area (Å²) < 4.78 is 22.0. The Morgan fingerprint density at radius 1 is 0.818 bits per heavy atom. The fraction of sp³-hybridized carbons (Fsp3) is 0.231. The second kappa shape index (κ2) is 9.65. The van der Waals surface area contributed by atoms with Crippen molar-refractivity contribution in [3.63, 3.8) is 0 Å². The van der Waals surface area contributed by atoms with Crippen molar-refractivity contribution in [1.82, 2.24) is 5.01 Å². The first kappa shape index (κ1) is 22.2. The van der Waals surface area contributed by atoms with Crippen LogP contribution in [0.15, 0.2) is 71.8 Å². The third-order valence-electron chi connectivity index (χ3n) is 5.65. The molecule has 0 bridgehead atoms. The van der Waals surface area contributed by atoms with E-state index < -0.39 is 0 Å². The second-order valence-corrected chi connectivity index (χ2v) is 7.43. The standard InChI is InChI=1S/C26H26N2O5/c1-30-22-14-13-18(15-24(22)32-3)20-16-21(19-11-8-12-23(31-2)25(19)33-4)28(27-20)26(29)17-9-6-5-7-10-17/h5-15,21H,16H2,1-4H3/t21-/m1/s1. The number of hydrogen-bond donors (Lipinski definition) is 0. The molecular formula is C26H26N2O5. The molecule has 1 amide bonds. The van der Waals surface area contributed by atoms with E-state index in [0.29, 0.717) is 35.0 Å². The van der Waals surface area contributed by atoms with E-state index >= 15 is 0 Å². The lowest BCUT2D eigenvalue weighted by molar-refractivity contribution is 0.0709. The fourth-order valence-electron chi connectivity index (χ4n) is 4.02. The lowest BCUT2D eigenvalue weighted by Gasteiger charge is -2.24. The Labute approximate surface area is 193 Å². The number of rotatable bonds is 7. The van der Waals surface area contributed by atoms with E-state index in [9.17, 15) is 4.79 Å². The number of carbonyl (C=O) groups excluding carboxylic acids is 1. The molecule has 170 valence electrons. The molecule has 0 radical (unpaired) electrons. The van der Waals surface area contributed by atoms with Gasteiger partial charge in [-0.2, -0.15) is 5.10 Å². The highest BCUT2D eigenvalue weighted by Gasteiger charge is 2.36. The van der Waals surface area contributed by atoms with E-state index in [1.54, 1.807) is 40.6 Å². The molecule has 1 atom stereocenters. The van der Waals surface area contributed by atoms with Crippen molar-refractivity contribution < 1.29 is 23.7 Å².